The molecule has 2 aromatic heterocycles. The Labute approximate surface area is 117 Å². The van der Waals surface area contributed by atoms with Crippen LogP contribution in [0, 0.1) is 0 Å². The first-order valence-electron chi connectivity index (χ1n) is 6.10. The number of rotatable bonds is 0. The van der Waals surface area contributed by atoms with E-state index in [1.165, 1.54) is 0 Å². The summed E-state index contributed by atoms with van der Waals surface area (Å²) in [5.41, 5.74) is 3.68. The molecule has 1 aliphatic heterocycles. The van der Waals surface area contributed by atoms with Crippen LogP contribution in [-0.2, 0) is 6.42 Å². The molecule has 1 aromatic carbocycles. The third-order valence-electron chi connectivity index (χ3n) is 3.57. The number of hydrogen-bond acceptors (Lipinski definition) is 2. The van der Waals surface area contributed by atoms with Gasteiger partial charge in [0.1, 0.15) is 5.65 Å². The quantitative estimate of drug-likeness (QED) is 0.670. The van der Waals surface area contributed by atoms with Gasteiger partial charge in [0, 0.05) is 39.1 Å². The van der Waals surface area contributed by atoms with E-state index in [9.17, 15) is 4.79 Å². The average Bonchev–Trinajstić information content (AvgIpc) is 2.75. The molecule has 2 N–H and O–H groups in total. The Morgan fingerprint density at radius 3 is 3.00 bits per heavy atom. The van der Waals surface area contributed by atoms with Crippen LogP contribution in [0.5, 0.6) is 0 Å². The fourth-order valence-corrected chi connectivity index (χ4v) is 3.00. The molecule has 4 rings (SSSR count). The van der Waals surface area contributed by atoms with Crippen molar-refractivity contribution in [1.82, 2.24) is 15.3 Å². The number of benzene rings is 1. The molecule has 5 heteroatoms. The molecule has 0 unspecified atom stereocenters. The maximum atomic E-state index is 11.9. The minimum absolute atomic E-state index is 0.0101. The smallest absolute Gasteiger partial charge is 0.251 e. The summed E-state index contributed by atoms with van der Waals surface area (Å²) in [6, 6.07) is 6.08. The molecule has 0 fully saturated rings. The van der Waals surface area contributed by atoms with E-state index < -0.39 is 0 Å². The topological polar surface area (TPSA) is 57.8 Å². The Morgan fingerprint density at radius 2 is 2.11 bits per heavy atom. The van der Waals surface area contributed by atoms with Gasteiger partial charge in [0.15, 0.2) is 0 Å². The number of hydrogen-bond donors (Lipinski definition) is 2. The Balaban J connectivity index is 2.11. The molecule has 0 saturated carbocycles. The predicted octanol–water partition coefficient (Wildman–Crippen LogP) is 2.76. The summed E-state index contributed by atoms with van der Waals surface area (Å²) in [6.45, 7) is 0.710. The van der Waals surface area contributed by atoms with Gasteiger partial charge in [0.2, 0.25) is 0 Å². The number of pyridine rings is 1. The minimum Gasteiger partial charge on any atom is -0.352 e. The molecule has 3 aromatic rings. The second-order valence-corrected chi connectivity index (χ2v) is 5.65. The summed E-state index contributed by atoms with van der Waals surface area (Å²) >= 11 is 3.45. The summed E-state index contributed by atoms with van der Waals surface area (Å²) in [5.74, 6) is 0.0101. The van der Waals surface area contributed by atoms with Gasteiger partial charge >= 0.3 is 0 Å². The van der Waals surface area contributed by atoms with Crippen molar-refractivity contribution in [3.63, 3.8) is 0 Å². The van der Waals surface area contributed by atoms with Crippen LogP contribution in [0.1, 0.15) is 15.9 Å². The predicted molar refractivity (Wildman–Crippen MR) is 77.3 cm³/mol. The number of fused-ring (bicyclic) bond motifs is 4. The number of nitrogens with zero attached hydrogens (tertiary/aromatic N) is 1. The summed E-state index contributed by atoms with van der Waals surface area (Å²) in [7, 11) is 0. The van der Waals surface area contributed by atoms with E-state index in [1.807, 2.05) is 6.07 Å². The Bertz CT molecular complexity index is 837. The number of H-pyrrole nitrogens is 1. The monoisotopic (exact) mass is 315 g/mol. The number of nitrogens with one attached hydrogen (secondary N) is 2. The van der Waals surface area contributed by atoms with E-state index in [-0.39, 0.29) is 5.91 Å². The first-order valence-corrected chi connectivity index (χ1v) is 6.90. The fraction of sp³-hybridized carbons (Fsp3) is 0.143. The molecule has 0 aliphatic carbocycles. The fourth-order valence-electron chi connectivity index (χ4n) is 2.67. The lowest BCUT2D eigenvalue weighted by atomic mass is 9.98. The third-order valence-corrected chi connectivity index (χ3v) is 4.00. The van der Waals surface area contributed by atoms with Crippen LogP contribution in [-0.4, -0.2) is 22.4 Å². The number of aromatic amines is 1. The molecule has 94 valence electrons. The molecule has 1 amide bonds. The molecule has 1 aliphatic rings. The van der Waals surface area contributed by atoms with Crippen LogP contribution < -0.4 is 5.32 Å². The number of aromatic nitrogens is 2. The van der Waals surface area contributed by atoms with E-state index >= 15 is 0 Å². The van der Waals surface area contributed by atoms with Gasteiger partial charge in [0.05, 0.1) is 0 Å². The molecule has 0 atom stereocenters. The lowest BCUT2D eigenvalue weighted by molar-refractivity contribution is 0.0946. The maximum Gasteiger partial charge on any atom is 0.251 e. The molecule has 0 bridgehead atoms. The lowest BCUT2D eigenvalue weighted by Gasteiger charge is -2.16. The number of amides is 1. The average molecular weight is 316 g/mol. The van der Waals surface area contributed by atoms with Crippen LogP contribution >= 0.6 is 15.9 Å². The first-order chi connectivity index (χ1) is 9.22. The van der Waals surface area contributed by atoms with E-state index in [0.717, 1.165) is 44.0 Å². The summed E-state index contributed by atoms with van der Waals surface area (Å²) in [5, 5.41) is 5.07. The van der Waals surface area contributed by atoms with Gasteiger partial charge in [-0.2, -0.15) is 0 Å². The molecular formula is C14H10BrN3O. The standard InChI is InChI=1S/C14H10BrN3O/c15-8-4-11-10-3-7-1-2-16-14(19)9(7)5-12(10)18-13(11)17-6-8/h3-6H,1-2H2,(H,16,19)(H,17,18). The van der Waals surface area contributed by atoms with Gasteiger partial charge in [0.25, 0.3) is 5.91 Å². The van der Waals surface area contributed by atoms with Gasteiger partial charge in [-0.3, -0.25) is 4.79 Å². The van der Waals surface area contributed by atoms with E-state index in [1.54, 1.807) is 6.20 Å². The number of carbonyl (C=O) groups excluding carboxylic acids is 1. The zero-order valence-electron chi connectivity index (χ0n) is 9.96. The Kier molecular flexibility index (Phi) is 2.20. The van der Waals surface area contributed by atoms with Crippen LogP contribution in [0.2, 0.25) is 0 Å². The highest BCUT2D eigenvalue weighted by Gasteiger charge is 2.18. The largest absolute Gasteiger partial charge is 0.352 e. The minimum atomic E-state index is 0.0101. The van der Waals surface area contributed by atoms with Crippen molar-refractivity contribution in [2.45, 2.75) is 6.42 Å². The van der Waals surface area contributed by atoms with E-state index in [4.69, 9.17) is 0 Å². The van der Waals surface area contributed by atoms with Crippen LogP contribution in [0.3, 0.4) is 0 Å². The van der Waals surface area contributed by atoms with Crippen molar-refractivity contribution in [3.05, 3.63) is 40.0 Å². The van der Waals surface area contributed by atoms with Crippen molar-refractivity contribution >= 4 is 43.8 Å². The zero-order chi connectivity index (χ0) is 13.0. The van der Waals surface area contributed by atoms with Crippen molar-refractivity contribution in [2.75, 3.05) is 6.54 Å². The zero-order valence-corrected chi connectivity index (χ0v) is 11.5. The second-order valence-electron chi connectivity index (χ2n) is 4.74. The highest BCUT2D eigenvalue weighted by atomic mass is 79.9. The highest BCUT2D eigenvalue weighted by Crippen LogP contribution is 2.29. The highest BCUT2D eigenvalue weighted by molar-refractivity contribution is 9.10. The molecule has 0 spiro atoms. The van der Waals surface area contributed by atoms with Crippen LogP contribution in [0.25, 0.3) is 21.9 Å². The second kappa shape index (κ2) is 3.81. The first kappa shape index (κ1) is 11.0. The van der Waals surface area contributed by atoms with Crippen molar-refractivity contribution < 1.29 is 4.79 Å². The number of carbonyl (C=O) groups is 1. The SMILES string of the molecule is O=C1NCCc2cc3c(cc21)[nH]c1ncc(Br)cc13. The third kappa shape index (κ3) is 1.58. The molecule has 19 heavy (non-hydrogen) atoms. The van der Waals surface area contributed by atoms with Crippen LogP contribution in [0.15, 0.2) is 28.9 Å². The number of halogens is 1. The Morgan fingerprint density at radius 1 is 1.21 bits per heavy atom. The summed E-state index contributed by atoms with van der Waals surface area (Å²) in [6.07, 6.45) is 2.65. The van der Waals surface area contributed by atoms with Gasteiger partial charge in [-0.15, -0.1) is 0 Å². The molecule has 3 heterocycles. The molecule has 0 saturated heterocycles. The van der Waals surface area contributed by atoms with Crippen molar-refractivity contribution in [2.24, 2.45) is 0 Å². The van der Waals surface area contributed by atoms with Gasteiger partial charge in [-0.05, 0) is 46.1 Å². The summed E-state index contributed by atoms with van der Waals surface area (Å²) in [4.78, 5) is 19.5. The Hall–Kier alpha value is -1.88. The molecule has 4 nitrogen and oxygen atoms in total. The lowest BCUT2D eigenvalue weighted by Crippen LogP contribution is -2.31. The normalized spacial score (nSPS) is 14.7. The van der Waals surface area contributed by atoms with Crippen LogP contribution in [0.4, 0.5) is 0 Å². The van der Waals surface area contributed by atoms with Gasteiger partial charge < -0.3 is 10.3 Å². The molecule has 0 radical (unpaired) electrons. The van der Waals surface area contributed by atoms with Crippen molar-refractivity contribution in [1.29, 1.82) is 0 Å². The maximum absolute atomic E-state index is 11.9. The van der Waals surface area contributed by atoms with E-state index in [0.29, 0.717) is 6.54 Å². The molecular weight excluding hydrogens is 306 g/mol. The van der Waals surface area contributed by atoms with Gasteiger partial charge in [-0.1, -0.05) is 0 Å². The van der Waals surface area contributed by atoms with E-state index in [2.05, 4.69) is 43.3 Å². The summed E-state index contributed by atoms with van der Waals surface area (Å²) < 4.78 is 0.955. The van der Waals surface area contributed by atoms with Gasteiger partial charge in [-0.25, -0.2) is 4.98 Å². The van der Waals surface area contributed by atoms with Crippen molar-refractivity contribution in [3.8, 4) is 0 Å².